The van der Waals surface area contributed by atoms with E-state index in [-0.39, 0.29) is 6.10 Å². The molecule has 1 saturated heterocycles. The van der Waals surface area contributed by atoms with Gasteiger partial charge in [0.1, 0.15) is 0 Å². The van der Waals surface area contributed by atoms with Crippen molar-refractivity contribution in [1.29, 1.82) is 0 Å². The number of aliphatic hydroxyl groups is 1. The number of likely N-dealkylation sites (tertiary alicyclic amines) is 1. The first-order chi connectivity index (χ1) is 7.15. The number of rotatable bonds is 1. The second-order valence-corrected chi connectivity index (χ2v) is 4.42. The van der Waals surface area contributed by atoms with Crippen molar-refractivity contribution >= 4 is 17.7 Å². The predicted molar refractivity (Wildman–Crippen MR) is 62.9 cm³/mol. The first-order valence-electron chi connectivity index (χ1n) is 4.98. The molecule has 0 radical (unpaired) electrons. The van der Waals surface area contributed by atoms with Gasteiger partial charge in [0, 0.05) is 18.1 Å². The zero-order valence-corrected chi connectivity index (χ0v) is 9.41. The quantitative estimate of drug-likeness (QED) is 0.788. The molecule has 1 N–H and O–H groups in total. The van der Waals surface area contributed by atoms with Crippen LogP contribution in [0, 0.1) is 0 Å². The van der Waals surface area contributed by atoms with E-state index in [1.165, 1.54) is 0 Å². The van der Waals surface area contributed by atoms with Crippen LogP contribution in [0.1, 0.15) is 5.56 Å². The van der Waals surface area contributed by atoms with Crippen LogP contribution in [0.3, 0.4) is 0 Å². The average molecular weight is 224 g/mol. The molecule has 0 saturated carbocycles. The highest BCUT2D eigenvalue weighted by Gasteiger charge is 2.22. The van der Waals surface area contributed by atoms with Gasteiger partial charge in [-0.15, -0.1) is 0 Å². The Morgan fingerprint density at radius 1 is 1.40 bits per heavy atom. The van der Waals surface area contributed by atoms with E-state index in [4.69, 9.17) is 11.6 Å². The van der Waals surface area contributed by atoms with Crippen molar-refractivity contribution in [2.45, 2.75) is 6.10 Å². The average Bonchev–Trinajstić information content (AvgIpc) is 2.49. The van der Waals surface area contributed by atoms with Gasteiger partial charge in [-0.05, 0) is 30.3 Å². The summed E-state index contributed by atoms with van der Waals surface area (Å²) >= 11 is 5.80. The standard InChI is InChI=1S/C12H14ClNO/c1-14-7-10(12(15)8-14)6-9-2-4-11(13)5-3-9/h2-6,12,15H,7-8H2,1H3/b10-6-. The number of nitrogens with zero attached hydrogens (tertiary/aromatic N) is 1. The smallest absolute Gasteiger partial charge is 0.0892 e. The highest BCUT2D eigenvalue weighted by molar-refractivity contribution is 6.30. The van der Waals surface area contributed by atoms with Gasteiger partial charge in [0.2, 0.25) is 0 Å². The Morgan fingerprint density at radius 2 is 2.07 bits per heavy atom. The lowest BCUT2D eigenvalue weighted by molar-refractivity contribution is 0.206. The van der Waals surface area contributed by atoms with Crippen molar-refractivity contribution in [3.63, 3.8) is 0 Å². The van der Waals surface area contributed by atoms with Crippen molar-refractivity contribution in [3.05, 3.63) is 40.4 Å². The summed E-state index contributed by atoms with van der Waals surface area (Å²) in [6, 6.07) is 7.64. The van der Waals surface area contributed by atoms with Gasteiger partial charge in [-0.1, -0.05) is 29.8 Å². The maximum atomic E-state index is 9.74. The summed E-state index contributed by atoms with van der Waals surface area (Å²) in [5.41, 5.74) is 2.16. The van der Waals surface area contributed by atoms with E-state index in [0.717, 1.165) is 29.2 Å². The highest BCUT2D eigenvalue weighted by Crippen LogP contribution is 2.19. The minimum atomic E-state index is -0.328. The number of aliphatic hydroxyl groups excluding tert-OH is 1. The molecule has 3 heteroatoms. The third-order valence-corrected chi connectivity index (χ3v) is 2.84. The number of benzene rings is 1. The second kappa shape index (κ2) is 4.35. The summed E-state index contributed by atoms with van der Waals surface area (Å²) in [6.07, 6.45) is 1.70. The number of halogens is 1. The van der Waals surface area contributed by atoms with Gasteiger partial charge in [0.15, 0.2) is 0 Å². The molecular weight excluding hydrogens is 210 g/mol. The van der Waals surface area contributed by atoms with Crippen LogP contribution >= 0.6 is 11.6 Å². The zero-order valence-electron chi connectivity index (χ0n) is 8.65. The van der Waals surface area contributed by atoms with Crippen molar-refractivity contribution < 1.29 is 5.11 Å². The molecule has 0 aromatic heterocycles. The Hall–Kier alpha value is -0.830. The third kappa shape index (κ3) is 2.59. The second-order valence-electron chi connectivity index (χ2n) is 3.98. The summed E-state index contributed by atoms with van der Waals surface area (Å²) < 4.78 is 0. The number of hydrogen-bond acceptors (Lipinski definition) is 2. The Morgan fingerprint density at radius 3 is 2.60 bits per heavy atom. The summed E-state index contributed by atoms with van der Waals surface area (Å²) in [7, 11) is 2.01. The van der Waals surface area contributed by atoms with Gasteiger partial charge in [-0.3, -0.25) is 4.90 Å². The fourth-order valence-electron chi connectivity index (χ4n) is 1.81. The minimum absolute atomic E-state index is 0.328. The molecule has 1 aliphatic heterocycles. The van der Waals surface area contributed by atoms with Crippen LogP contribution in [0.5, 0.6) is 0 Å². The SMILES string of the molecule is CN1C/C(=C/c2ccc(Cl)cc2)C(O)C1. The van der Waals surface area contributed by atoms with Gasteiger partial charge in [0.05, 0.1) is 6.10 Å². The minimum Gasteiger partial charge on any atom is -0.387 e. The molecule has 1 fully saturated rings. The van der Waals surface area contributed by atoms with Crippen LogP contribution in [0.15, 0.2) is 29.8 Å². The molecule has 0 amide bonds. The highest BCUT2D eigenvalue weighted by atomic mass is 35.5. The molecule has 1 aliphatic rings. The molecule has 0 bridgehead atoms. The lowest BCUT2D eigenvalue weighted by Crippen LogP contribution is -2.15. The normalized spacial score (nSPS) is 25.0. The topological polar surface area (TPSA) is 23.5 Å². The Bertz CT molecular complexity index is 372. The maximum absolute atomic E-state index is 9.74. The Kier molecular flexibility index (Phi) is 3.10. The van der Waals surface area contributed by atoms with Crippen molar-refractivity contribution in [2.24, 2.45) is 0 Å². The third-order valence-electron chi connectivity index (χ3n) is 2.59. The van der Waals surface area contributed by atoms with Crippen molar-refractivity contribution in [3.8, 4) is 0 Å². The van der Waals surface area contributed by atoms with E-state index in [1.54, 1.807) is 0 Å². The van der Waals surface area contributed by atoms with E-state index in [9.17, 15) is 5.11 Å². The molecule has 2 nitrogen and oxygen atoms in total. The molecule has 1 atom stereocenters. The number of hydrogen-bond donors (Lipinski definition) is 1. The molecular formula is C12H14ClNO. The van der Waals surface area contributed by atoms with Crippen molar-refractivity contribution in [1.82, 2.24) is 4.90 Å². The molecule has 2 rings (SSSR count). The van der Waals surface area contributed by atoms with Crippen molar-refractivity contribution in [2.75, 3.05) is 20.1 Å². The monoisotopic (exact) mass is 223 g/mol. The number of likely N-dealkylation sites (N-methyl/N-ethyl adjacent to an activating group) is 1. The Labute approximate surface area is 94.8 Å². The largest absolute Gasteiger partial charge is 0.387 e. The van der Waals surface area contributed by atoms with Crippen LogP contribution in [0.2, 0.25) is 5.02 Å². The molecule has 1 aromatic carbocycles. The lowest BCUT2D eigenvalue weighted by atomic mass is 10.1. The van der Waals surface area contributed by atoms with Gasteiger partial charge in [-0.2, -0.15) is 0 Å². The lowest BCUT2D eigenvalue weighted by Gasteiger charge is -2.02. The molecule has 15 heavy (non-hydrogen) atoms. The Balaban J connectivity index is 2.19. The van der Waals surface area contributed by atoms with E-state index in [1.807, 2.05) is 37.4 Å². The molecule has 1 heterocycles. The molecule has 1 aromatic rings. The van der Waals surface area contributed by atoms with Gasteiger partial charge in [0.25, 0.3) is 0 Å². The first kappa shape index (κ1) is 10.7. The van der Waals surface area contributed by atoms with Gasteiger partial charge < -0.3 is 5.11 Å². The predicted octanol–water partition coefficient (Wildman–Crippen LogP) is 2.03. The van der Waals surface area contributed by atoms with Gasteiger partial charge in [-0.25, -0.2) is 0 Å². The van der Waals surface area contributed by atoms with Crippen LogP contribution < -0.4 is 0 Å². The summed E-state index contributed by atoms with van der Waals surface area (Å²) in [4.78, 5) is 2.10. The summed E-state index contributed by atoms with van der Waals surface area (Å²) in [5.74, 6) is 0. The maximum Gasteiger partial charge on any atom is 0.0892 e. The molecule has 80 valence electrons. The fraction of sp³-hybridized carbons (Fsp3) is 0.333. The zero-order chi connectivity index (χ0) is 10.8. The van der Waals surface area contributed by atoms with E-state index >= 15 is 0 Å². The molecule has 0 spiro atoms. The van der Waals surface area contributed by atoms with E-state index in [0.29, 0.717) is 0 Å². The van der Waals surface area contributed by atoms with Crippen LogP contribution in [-0.4, -0.2) is 36.2 Å². The van der Waals surface area contributed by atoms with Gasteiger partial charge >= 0.3 is 0 Å². The first-order valence-corrected chi connectivity index (χ1v) is 5.35. The van der Waals surface area contributed by atoms with E-state index in [2.05, 4.69) is 4.90 Å². The molecule has 1 unspecified atom stereocenters. The molecule has 0 aliphatic carbocycles. The van der Waals surface area contributed by atoms with Crippen LogP contribution in [-0.2, 0) is 0 Å². The van der Waals surface area contributed by atoms with Crippen LogP contribution in [0.4, 0.5) is 0 Å². The van der Waals surface area contributed by atoms with Crippen LogP contribution in [0.25, 0.3) is 6.08 Å². The van der Waals surface area contributed by atoms with E-state index < -0.39 is 0 Å². The number of β-amino-alcohol motifs (C(OH)–C–C–N with tert-alkyl or cyclic N) is 1. The summed E-state index contributed by atoms with van der Waals surface area (Å²) in [5, 5.41) is 10.5. The summed E-state index contributed by atoms with van der Waals surface area (Å²) in [6.45, 7) is 1.56. The fourth-order valence-corrected chi connectivity index (χ4v) is 1.93.